The molecule has 1 fully saturated rings. The number of hydrogen-bond acceptors (Lipinski definition) is 5. The number of pyridine rings is 1. The van der Waals surface area contributed by atoms with E-state index in [0.29, 0.717) is 23.7 Å². The van der Waals surface area contributed by atoms with E-state index >= 15 is 0 Å². The number of carbonyl (C=O) groups is 1. The van der Waals surface area contributed by atoms with E-state index in [1.165, 1.54) is 0 Å². The second-order valence-electron chi connectivity index (χ2n) is 5.62. The fourth-order valence-electron chi connectivity index (χ4n) is 2.77. The molecule has 1 amide bonds. The molecule has 1 saturated heterocycles. The van der Waals surface area contributed by atoms with Crippen molar-refractivity contribution in [2.24, 2.45) is 0 Å². The topological polar surface area (TPSA) is 66.5 Å². The first-order valence-electron chi connectivity index (χ1n) is 8.14. The lowest BCUT2D eigenvalue weighted by Gasteiger charge is -2.21. The molecule has 0 unspecified atom stereocenters. The SMILES string of the molecule is COc1ccccc1Nc1ncccc1C(=O)N1CCCNCC1. The standard InChI is InChI=1S/C18H22N4O2/c1-24-16-8-3-2-7-15(16)21-17-14(6-4-10-20-17)18(23)22-12-5-9-19-11-13-22/h2-4,6-8,10,19H,5,9,11-13H2,1H3,(H,20,21). The average molecular weight is 326 g/mol. The van der Waals surface area contributed by atoms with Crippen molar-refractivity contribution in [2.75, 3.05) is 38.6 Å². The molecule has 0 radical (unpaired) electrons. The number of benzene rings is 1. The third-order valence-corrected chi connectivity index (χ3v) is 4.03. The summed E-state index contributed by atoms with van der Waals surface area (Å²) in [5.41, 5.74) is 1.36. The summed E-state index contributed by atoms with van der Waals surface area (Å²) >= 11 is 0. The molecule has 0 saturated carbocycles. The van der Waals surface area contributed by atoms with Crippen LogP contribution in [0.3, 0.4) is 0 Å². The Morgan fingerprint density at radius 3 is 2.96 bits per heavy atom. The number of methoxy groups -OCH3 is 1. The van der Waals surface area contributed by atoms with Crippen LogP contribution in [0.1, 0.15) is 16.8 Å². The Hall–Kier alpha value is -2.60. The fraction of sp³-hybridized carbons (Fsp3) is 0.333. The minimum atomic E-state index is 0.00389. The molecular formula is C18H22N4O2. The molecule has 1 aliphatic heterocycles. The van der Waals surface area contributed by atoms with Gasteiger partial charge in [-0.1, -0.05) is 12.1 Å². The molecule has 0 spiro atoms. The number of anilines is 2. The zero-order valence-electron chi connectivity index (χ0n) is 13.8. The van der Waals surface area contributed by atoms with Crippen molar-refractivity contribution in [3.63, 3.8) is 0 Å². The Morgan fingerprint density at radius 1 is 1.21 bits per heavy atom. The highest BCUT2D eigenvalue weighted by Gasteiger charge is 2.21. The van der Waals surface area contributed by atoms with Crippen LogP contribution in [-0.4, -0.2) is 49.1 Å². The van der Waals surface area contributed by atoms with E-state index in [9.17, 15) is 4.79 Å². The number of nitrogens with zero attached hydrogens (tertiary/aromatic N) is 2. The van der Waals surface area contributed by atoms with E-state index < -0.39 is 0 Å². The van der Waals surface area contributed by atoms with E-state index in [1.54, 1.807) is 19.4 Å². The molecule has 1 aromatic carbocycles. The smallest absolute Gasteiger partial charge is 0.257 e. The normalized spacial score (nSPS) is 14.8. The quantitative estimate of drug-likeness (QED) is 0.902. The van der Waals surface area contributed by atoms with Gasteiger partial charge in [0.15, 0.2) is 0 Å². The first-order valence-corrected chi connectivity index (χ1v) is 8.14. The van der Waals surface area contributed by atoms with Crippen molar-refractivity contribution >= 4 is 17.4 Å². The zero-order chi connectivity index (χ0) is 16.8. The number of rotatable bonds is 4. The second-order valence-corrected chi connectivity index (χ2v) is 5.62. The monoisotopic (exact) mass is 326 g/mol. The molecule has 2 aromatic rings. The van der Waals surface area contributed by atoms with Crippen molar-refractivity contribution < 1.29 is 9.53 Å². The van der Waals surface area contributed by atoms with Crippen LogP contribution in [0.4, 0.5) is 11.5 Å². The molecule has 3 rings (SSSR count). The van der Waals surface area contributed by atoms with Crippen LogP contribution in [0.2, 0.25) is 0 Å². The van der Waals surface area contributed by atoms with E-state index in [0.717, 1.165) is 31.7 Å². The molecule has 2 heterocycles. The van der Waals surface area contributed by atoms with Crippen molar-refractivity contribution in [3.05, 3.63) is 48.2 Å². The van der Waals surface area contributed by atoms with Crippen LogP contribution in [0.5, 0.6) is 5.75 Å². The van der Waals surface area contributed by atoms with Gasteiger partial charge in [-0.3, -0.25) is 4.79 Å². The summed E-state index contributed by atoms with van der Waals surface area (Å²) in [5, 5.41) is 6.54. The number of ether oxygens (including phenoxy) is 1. The molecule has 0 bridgehead atoms. The van der Waals surface area contributed by atoms with Gasteiger partial charge in [-0.15, -0.1) is 0 Å². The molecule has 1 aromatic heterocycles. The van der Waals surface area contributed by atoms with E-state index in [2.05, 4.69) is 15.6 Å². The predicted molar refractivity (Wildman–Crippen MR) is 93.9 cm³/mol. The number of amides is 1. The maximum absolute atomic E-state index is 12.9. The summed E-state index contributed by atoms with van der Waals surface area (Å²) in [6.45, 7) is 3.24. The van der Waals surface area contributed by atoms with Gasteiger partial charge in [-0.25, -0.2) is 4.98 Å². The van der Waals surface area contributed by atoms with Gasteiger partial charge >= 0.3 is 0 Å². The van der Waals surface area contributed by atoms with Crippen LogP contribution in [0, 0.1) is 0 Å². The second kappa shape index (κ2) is 7.79. The number of nitrogens with one attached hydrogen (secondary N) is 2. The third-order valence-electron chi connectivity index (χ3n) is 4.03. The Balaban J connectivity index is 1.86. The van der Waals surface area contributed by atoms with Crippen LogP contribution in [-0.2, 0) is 0 Å². The largest absolute Gasteiger partial charge is 0.495 e. The Bertz CT molecular complexity index is 697. The molecule has 6 heteroatoms. The maximum atomic E-state index is 12.9. The first kappa shape index (κ1) is 16.3. The van der Waals surface area contributed by atoms with Gasteiger partial charge in [0.1, 0.15) is 11.6 Å². The van der Waals surface area contributed by atoms with Crippen molar-refractivity contribution in [1.29, 1.82) is 0 Å². The van der Waals surface area contributed by atoms with Crippen LogP contribution in [0.25, 0.3) is 0 Å². The summed E-state index contributed by atoms with van der Waals surface area (Å²) in [4.78, 5) is 19.1. The lowest BCUT2D eigenvalue weighted by atomic mass is 10.2. The van der Waals surface area contributed by atoms with Crippen LogP contribution in [0.15, 0.2) is 42.6 Å². The van der Waals surface area contributed by atoms with Gasteiger partial charge in [0, 0.05) is 25.8 Å². The maximum Gasteiger partial charge on any atom is 0.257 e. The minimum absolute atomic E-state index is 0.00389. The fourth-order valence-corrected chi connectivity index (χ4v) is 2.77. The number of hydrogen-bond donors (Lipinski definition) is 2. The highest BCUT2D eigenvalue weighted by atomic mass is 16.5. The van der Waals surface area contributed by atoms with Gasteiger partial charge in [0.2, 0.25) is 0 Å². The molecular weight excluding hydrogens is 304 g/mol. The summed E-state index contributed by atoms with van der Waals surface area (Å²) in [6, 6.07) is 11.2. The molecule has 0 aliphatic carbocycles. The summed E-state index contributed by atoms with van der Waals surface area (Å²) in [5.74, 6) is 1.26. The lowest BCUT2D eigenvalue weighted by molar-refractivity contribution is 0.0767. The number of para-hydroxylation sites is 2. The lowest BCUT2D eigenvalue weighted by Crippen LogP contribution is -2.34. The van der Waals surface area contributed by atoms with Gasteiger partial charge in [0.05, 0.1) is 18.4 Å². The number of aromatic nitrogens is 1. The van der Waals surface area contributed by atoms with E-state index in [4.69, 9.17) is 4.74 Å². The van der Waals surface area contributed by atoms with Crippen molar-refractivity contribution in [2.45, 2.75) is 6.42 Å². The summed E-state index contributed by atoms with van der Waals surface area (Å²) in [6.07, 6.45) is 2.64. The zero-order valence-corrected chi connectivity index (χ0v) is 13.8. The van der Waals surface area contributed by atoms with E-state index in [1.807, 2.05) is 35.2 Å². The van der Waals surface area contributed by atoms with Gasteiger partial charge in [-0.2, -0.15) is 0 Å². The molecule has 6 nitrogen and oxygen atoms in total. The Labute approximate surface area is 141 Å². The van der Waals surface area contributed by atoms with Crippen LogP contribution < -0.4 is 15.4 Å². The number of carbonyl (C=O) groups excluding carboxylic acids is 1. The van der Waals surface area contributed by atoms with Crippen molar-refractivity contribution in [1.82, 2.24) is 15.2 Å². The van der Waals surface area contributed by atoms with Gasteiger partial charge in [-0.05, 0) is 37.2 Å². The molecule has 0 atom stereocenters. The molecule has 2 N–H and O–H groups in total. The van der Waals surface area contributed by atoms with Gasteiger partial charge < -0.3 is 20.3 Å². The molecule has 24 heavy (non-hydrogen) atoms. The highest BCUT2D eigenvalue weighted by molar-refractivity contribution is 5.99. The van der Waals surface area contributed by atoms with Gasteiger partial charge in [0.25, 0.3) is 5.91 Å². The molecule has 1 aliphatic rings. The van der Waals surface area contributed by atoms with Crippen LogP contribution >= 0.6 is 0 Å². The Kier molecular flexibility index (Phi) is 5.28. The predicted octanol–water partition coefficient (Wildman–Crippen LogP) is 2.27. The summed E-state index contributed by atoms with van der Waals surface area (Å²) in [7, 11) is 1.62. The molecule has 126 valence electrons. The summed E-state index contributed by atoms with van der Waals surface area (Å²) < 4.78 is 5.36. The third kappa shape index (κ3) is 3.65. The first-order chi connectivity index (χ1) is 11.8. The van der Waals surface area contributed by atoms with Crippen molar-refractivity contribution in [3.8, 4) is 5.75 Å². The minimum Gasteiger partial charge on any atom is -0.495 e. The highest BCUT2D eigenvalue weighted by Crippen LogP contribution is 2.28. The van der Waals surface area contributed by atoms with E-state index in [-0.39, 0.29) is 5.91 Å². The average Bonchev–Trinajstić information content (AvgIpc) is 2.91. The Morgan fingerprint density at radius 2 is 2.08 bits per heavy atom.